The van der Waals surface area contributed by atoms with E-state index in [1.54, 1.807) is 0 Å². The van der Waals surface area contributed by atoms with E-state index in [0.29, 0.717) is 13.0 Å². The van der Waals surface area contributed by atoms with Gasteiger partial charge < -0.3 is 14.6 Å². The second kappa shape index (κ2) is 6.26. The Morgan fingerprint density at radius 1 is 1.33 bits per heavy atom. The highest BCUT2D eigenvalue weighted by Crippen LogP contribution is 2.32. The molecular weight excluding hydrogens is 266 g/mol. The first-order valence-electron chi connectivity index (χ1n) is 7.54. The first-order valence-corrected chi connectivity index (χ1v) is 7.54. The van der Waals surface area contributed by atoms with Gasteiger partial charge in [0.05, 0.1) is 12.0 Å². The Bertz CT molecular complexity index is 562. The van der Waals surface area contributed by atoms with Gasteiger partial charge in [-0.1, -0.05) is 30.3 Å². The van der Waals surface area contributed by atoms with Crippen LogP contribution in [0.5, 0.6) is 5.75 Å². The van der Waals surface area contributed by atoms with Gasteiger partial charge in [-0.2, -0.15) is 4.98 Å². The summed E-state index contributed by atoms with van der Waals surface area (Å²) in [5, 5.41) is 7.48. The average molecular weight is 287 g/mol. The second-order valence-electron chi connectivity index (χ2n) is 5.49. The molecule has 3 rings (SSSR count). The van der Waals surface area contributed by atoms with Gasteiger partial charge in [0.15, 0.2) is 5.82 Å². The number of benzene rings is 1. The number of hydrogen-bond donors (Lipinski definition) is 1. The molecule has 1 aliphatic rings. The van der Waals surface area contributed by atoms with Crippen LogP contribution < -0.4 is 10.1 Å². The maximum absolute atomic E-state index is 5.66. The lowest BCUT2D eigenvalue weighted by molar-refractivity contribution is 0.281. The Balaban J connectivity index is 1.58. The number of aromatic nitrogens is 2. The molecule has 0 spiro atoms. The number of nitrogens with one attached hydrogen (secondary N) is 1. The summed E-state index contributed by atoms with van der Waals surface area (Å²) < 4.78 is 11.2. The molecule has 2 heterocycles. The molecule has 1 atom stereocenters. The van der Waals surface area contributed by atoms with Crippen molar-refractivity contribution in [2.75, 3.05) is 19.7 Å². The highest BCUT2D eigenvalue weighted by Gasteiger charge is 2.39. The molecule has 1 aliphatic heterocycles. The van der Waals surface area contributed by atoms with E-state index in [2.05, 4.69) is 22.4 Å². The number of rotatable bonds is 6. The lowest BCUT2D eigenvalue weighted by atomic mass is 9.84. The van der Waals surface area contributed by atoms with Gasteiger partial charge in [-0.05, 0) is 31.5 Å². The number of hydrogen-bond acceptors (Lipinski definition) is 5. The van der Waals surface area contributed by atoms with Crippen molar-refractivity contribution >= 4 is 0 Å². The van der Waals surface area contributed by atoms with Crippen LogP contribution in [0, 0.1) is 0 Å². The van der Waals surface area contributed by atoms with Crippen LogP contribution in [0.25, 0.3) is 0 Å². The molecule has 0 radical (unpaired) electrons. The maximum atomic E-state index is 5.66. The summed E-state index contributed by atoms with van der Waals surface area (Å²) >= 11 is 0. The Kier molecular flexibility index (Phi) is 4.20. The molecule has 1 saturated heterocycles. The Hall–Kier alpha value is -1.88. The van der Waals surface area contributed by atoms with Crippen LogP contribution in [0.3, 0.4) is 0 Å². The molecule has 5 heteroatoms. The monoisotopic (exact) mass is 287 g/mol. The van der Waals surface area contributed by atoms with Crippen LogP contribution in [0.4, 0.5) is 0 Å². The Morgan fingerprint density at radius 3 is 2.90 bits per heavy atom. The van der Waals surface area contributed by atoms with Crippen LogP contribution in [-0.4, -0.2) is 29.8 Å². The average Bonchev–Trinajstić information content (AvgIpc) is 3.18. The molecule has 1 aromatic heterocycles. The van der Waals surface area contributed by atoms with E-state index < -0.39 is 0 Å². The van der Waals surface area contributed by atoms with Crippen molar-refractivity contribution in [3.05, 3.63) is 42.0 Å². The number of nitrogens with zero attached hydrogens (tertiary/aromatic N) is 2. The SMILES string of the molecule is CCC1(c2nc(CCOc3ccccc3)no2)CCNC1. The molecule has 112 valence electrons. The van der Waals surface area contributed by atoms with E-state index in [9.17, 15) is 0 Å². The van der Waals surface area contributed by atoms with Crippen molar-refractivity contribution in [2.24, 2.45) is 0 Å². The highest BCUT2D eigenvalue weighted by atomic mass is 16.5. The molecule has 1 N–H and O–H groups in total. The zero-order chi connectivity index (χ0) is 14.5. The molecule has 0 aliphatic carbocycles. The fourth-order valence-electron chi connectivity index (χ4n) is 2.73. The lowest BCUT2D eigenvalue weighted by Crippen LogP contribution is -2.28. The summed E-state index contributed by atoms with van der Waals surface area (Å²) in [5.74, 6) is 2.36. The zero-order valence-corrected chi connectivity index (χ0v) is 12.3. The van der Waals surface area contributed by atoms with E-state index in [4.69, 9.17) is 9.26 Å². The summed E-state index contributed by atoms with van der Waals surface area (Å²) in [6, 6.07) is 9.77. The number of para-hydroxylation sites is 1. The van der Waals surface area contributed by atoms with Crippen LogP contribution in [0.1, 0.15) is 31.5 Å². The standard InChI is InChI=1S/C16H21N3O2/c1-2-16(9-10-17-12-16)15-18-14(19-21-15)8-11-20-13-6-4-3-5-7-13/h3-7,17H,2,8-12H2,1H3. The first kappa shape index (κ1) is 14.1. The minimum absolute atomic E-state index is 0.0194. The summed E-state index contributed by atoms with van der Waals surface area (Å²) in [6.07, 6.45) is 2.74. The summed E-state index contributed by atoms with van der Waals surface area (Å²) in [4.78, 5) is 4.57. The van der Waals surface area contributed by atoms with Gasteiger partial charge in [0.25, 0.3) is 0 Å². The van der Waals surface area contributed by atoms with Crippen LogP contribution >= 0.6 is 0 Å². The molecule has 1 aromatic carbocycles. The van der Waals surface area contributed by atoms with E-state index in [-0.39, 0.29) is 5.41 Å². The summed E-state index contributed by atoms with van der Waals surface area (Å²) in [5.41, 5.74) is 0.0194. The van der Waals surface area contributed by atoms with Crippen molar-refractivity contribution in [1.29, 1.82) is 0 Å². The van der Waals surface area contributed by atoms with Crippen molar-refractivity contribution in [3.8, 4) is 5.75 Å². The van der Waals surface area contributed by atoms with Crippen LogP contribution in [-0.2, 0) is 11.8 Å². The summed E-state index contributed by atoms with van der Waals surface area (Å²) in [6.45, 7) is 4.67. The third kappa shape index (κ3) is 3.08. The van der Waals surface area contributed by atoms with Crippen molar-refractivity contribution in [1.82, 2.24) is 15.5 Å². The van der Waals surface area contributed by atoms with Gasteiger partial charge >= 0.3 is 0 Å². The number of ether oxygens (including phenoxy) is 1. The van der Waals surface area contributed by atoms with E-state index in [1.807, 2.05) is 30.3 Å². The van der Waals surface area contributed by atoms with Gasteiger partial charge in [0, 0.05) is 13.0 Å². The van der Waals surface area contributed by atoms with E-state index in [1.165, 1.54) is 0 Å². The zero-order valence-electron chi connectivity index (χ0n) is 12.3. The predicted octanol–water partition coefficient (Wildman–Crippen LogP) is 2.33. The normalized spacial score (nSPS) is 21.6. The van der Waals surface area contributed by atoms with Gasteiger partial charge in [-0.25, -0.2) is 0 Å². The predicted molar refractivity (Wildman–Crippen MR) is 79.4 cm³/mol. The van der Waals surface area contributed by atoms with Crippen LogP contribution in [0.2, 0.25) is 0 Å². The maximum Gasteiger partial charge on any atom is 0.234 e. The summed E-state index contributed by atoms with van der Waals surface area (Å²) in [7, 11) is 0. The molecule has 0 amide bonds. The fraction of sp³-hybridized carbons (Fsp3) is 0.500. The van der Waals surface area contributed by atoms with Gasteiger partial charge in [-0.15, -0.1) is 0 Å². The Morgan fingerprint density at radius 2 is 2.19 bits per heavy atom. The molecule has 1 unspecified atom stereocenters. The van der Waals surface area contributed by atoms with Gasteiger partial charge in [0.2, 0.25) is 5.89 Å². The van der Waals surface area contributed by atoms with Crippen molar-refractivity contribution < 1.29 is 9.26 Å². The first-order chi connectivity index (χ1) is 10.3. The fourth-order valence-corrected chi connectivity index (χ4v) is 2.73. The molecule has 0 saturated carbocycles. The second-order valence-corrected chi connectivity index (χ2v) is 5.49. The molecule has 1 fully saturated rings. The third-order valence-corrected chi connectivity index (χ3v) is 4.18. The molecule has 21 heavy (non-hydrogen) atoms. The molecular formula is C16H21N3O2. The van der Waals surface area contributed by atoms with Gasteiger partial charge in [0.1, 0.15) is 5.75 Å². The van der Waals surface area contributed by atoms with E-state index >= 15 is 0 Å². The molecule has 2 aromatic rings. The minimum Gasteiger partial charge on any atom is -0.493 e. The van der Waals surface area contributed by atoms with Crippen molar-refractivity contribution in [3.63, 3.8) is 0 Å². The smallest absolute Gasteiger partial charge is 0.234 e. The highest BCUT2D eigenvalue weighted by molar-refractivity contribution is 5.20. The van der Waals surface area contributed by atoms with Crippen LogP contribution in [0.15, 0.2) is 34.9 Å². The lowest BCUT2D eigenvalue weighted by Gasteiger charge is -2.20. The topological polar surface area (TPSA) is 60.2 Å². The third-order valence-electron chi connectivity index (χ3n) is 4.18. The minimum atomic E-state index is 0.0194. The van der Waals surface area contributed by atoms with Gasteiger partial charge in [-0.3, -0.25) is 0 Å². The van der Waals surface area contributed by atoms with E-state index in [0.717, 1.165) is 43.4 Å². The molecule has 0 bridgehead atoms. The quantitative estimate of drug-likeness (QED) is 0.883. The Labute approximate surface area is 124 Å². The largest absolute Gasteiger partial charge is 0.493 e. The van der Waals surface area contributed by atoms with Crippen molar-refractivity contribution in [2.45, 2.75) is 31.6 Å². The molecule has 5 nitrogen and oxygen atoms in total.